The summed E-state index contributed by atoms with van der Waals surface area (Å²) >= 11 is 0. The van der Waals surface area contributed by atoms with E-state index in [0.29, 0.717) is 10.6 Å². The van der Waals surface area contributed by atoms with Gasteiger partial charge in [0, 0.05) is 6.20 Å². The third-order valence-electron chi connectivity index (χ3n) is 3.50. The van der Waals surface area contributed by atoms with Crippen LogP contribution in [0.15, 0.2) is 53.6 Å². The summed E-state index contributed by atoms with van der Waals surface area (Å²) in [5, 5.41) is 4.34. The van der Waals surface area contributed by atoms with Gasteiger partial charge in [-0.2, -0.15) is 5.10 Å². The molecule has 0 radical (unpaired) electrons. The number of nitrogens with zero attached hydrogens (tertiary/aromatic N) is 2. The molecule has 1 aromatic carbocycles. The van der Waals surface area contributed by atoms with E-state index in [0.717, 1.165) is 16.6 Å². The van der Waals surface area contributed by atoms with Gasteiger partial charge in [-0.05, 0) is 49.2 Å². The van der Waals surface area contributed by atoms with Crippen LogP contribution >= 0.6 is 0 Å². The fourth-order valence-electron chi connectivity index (χ4n) is 2.32. The molecule has 0 saturated carbocycles. The summed E-state index contributed by atoms with van der Waals surface area (Å²) in [6.07, 6.45) is 1.83. The minimum atomic E-state index is -3.55. The van der Waals surface area contributed by atoms with Gasteiger partial charge in [0.2, 0.25) is 10.0 Å². The van der Waals surface area contributed by atoms with E-state index in [1.54, 1.807) is 17.5 Å². The Labute approximate surface area is 129 Å². The number of sulfonamides is 1. The van der Waals surface area contributed by atoms with Crippen LogP contribution in [-0.2, 0) is 16.6 Å². The molecule has 114 valence electrons. The first-order chi connectivity index (χ1) is 10.5. The van der Waals surface area contributed by atoms with Crippen molar-refractivity contribution >= 4 is 15.5 Å². The molecular weight excluding hydrogens is 298 g/mol. The Bertz CT molecular complexity index is 896. The highest BCUT2D eigenvalue weighted by Gasteiger charge is 2.17. The van der Waals surface area contributed by atoms with E-state index in [9.17, 15) is 8.42 Å². The van der Waals surface area contributed by atoms with Crippen molar-refractivity contribution < 1.29 is 8.42 Å². The van der Waals surface area contributed by atoms with E-state index in [1.165, 1.54) is 0 Å². The molecule has 0 aliphatic heterocycles. The van der Waals surface area contributed by atoms with Crippen LogP contribution in [0.5, 0.6) is 0 Å². The number of hydrogen-bond donors (Lipinski definition) is 1. The zero-order valence-corrected chi connectivity index (χ0v) is 13.3. The van der Waals surface area contributed by atoms with Crippen molar-refractivity contribution in [1.29, 1.82) is 0 Å². The minimum absolute atomic E-state index is 0.164. The van der Waals surface area contributed by atoms with E-state index >= 15 is 0 Å². The second-order valence-corrected chi connectivity index (χ2v) is 7.03. The molecule has 0 aliphatic carbocycles. The van der Waals surface area contributed by atoms with Crippen LogP contribution in [0.25, 0.3) is 5.52 Å². The maximum Gasteiger partial charge on any atom is 0.241 e. The summed E-state index contributed by atoms with van der Waals surface area (Å²) in [6, 6.07) is 13.0. The fraction of sp³-hybridized carbons (Fsp3) is 0.188. The monoisotopic (exact) mass is 315 g/mol. The maximum absolute atomic E-state index is 12.4. The molecule has 0 fully saturated rings. The van der Waals surface area contributed by atoms with Gasteiger partial charge in [0.15, 0.2) is 0 Å². The van der Waals surface area contributed by atoms with Gasteiger partial charge >= 0.3 is 0 Å². The number of aromatic nitrogens is 2. The maximum atomic E-state index is 12.4. The summed E-state index contributed by atoms with van der Waals surface area (Å²) in [7, 11) is -3.55. The third-order valence-corrected chi connectivity index (χ3v) is 5.04. The first-order valence-corrected chi connectivity index (χ1v) is 8.44. The number of benzene rings is 1. The molecule has 0 spiro atoms. The Hall–Kier alpha value is -2.18. The zero-order valence-electron chi connectivity index (χ0n) is 12.4. The molecule has 5 nitrogen and oxygen atoms in total. The number of fused-ring (bicyclic) bond motifs is 1. The van der Waals surface area contributed by atoms with Crippen molar-refractivity contribution in [2.45, 2.75) is 25.3 Å². The van der Waals surface area contributed by atoms with Gasteiger partial charge < -0.3 is 0 Å². The highest BCUT2D eigenvalue weighted by molar-refractivity contribution is 7.89. The normalized spacial score (nSPS) is 11.9. The lowest BCUT2D eigenvalue weighted by molar-refractivity contribution is 0.579. The molecule has 1 N–H and O–H groups in total. The van der Waals surface area contributed by atoms with E-state index in [4.69, 9.17) is 0 Å². The molecule has 0 unspecified atom stereocenters. The largest absolute Gasteiger partial charge is 0.241 e. The zero-order chi connectivity index (χ0) is 15.7. The van der Waals surface area contributed by atoms with Crippen molar-refractivity contribution in [1.82, 2.24) is 14.3 Å². The quantitative estimate of drug-likeness (QED) is 0.804. The van der Waals surface area contributed by atoms with Crippen LogP contribution in [0, 0.1) is 13.8 Å². The average molecular weight is 315 g/mol. The van der Waals surface area contributed by atoms with Crippen molar-refractivity contribution in [3.05, 3.63) is 65.5 Å². The Balaban J connectivity index is 1.84. The second kappa shape index (κ2) is 5.55. The van der Waals surface area contributed by atoms with E-state index in [1.807, 2.05) is 49.5 Å². The summed E-state index contributed by atoms with van der Waals surface area (Å²) < 4.78 is 29.2. The lowest BCUT2D eigenvalue weighted by Gasteiger charge is -2.09. The molecule has 0 atom stereocenters. The highest BCUT2D eigenvalue weighted by Crippen LogP contribution is 2.17. The molecule has 0 aliphatic rings. The van der Waals surface area contributed by atoms with Gasteiger partial charge in [-0.3, -0.25) is 0 Å². The smallest absolute Gasteiger partial charge is 0.241 e. The van der Waals surface area contributed by atoms with Gasteiger partial charge in [0.25, 0.3) is 0 Å². The van der Waals surface area contributed by atoms with Gasteiger partial charge in [0.05, 0.1) is 22.7 Å². The Morgan fingerprint density at radius 3 is 2.73 bits per heavy atom. The van der Waals surface area contributed by atoms with Crippen LogP contribution in [0.2, 0.25) is 0 Å². The number of hydrogen-bond acceptors (Lipinski definition) is 3. The van der Waals surface area contributed by atoms with Crippen molar-refractivity contribution in [3.8, 4) is 0 Å². The van der Waals surface area contributed by atoms with E-state index in [-0.39, 0.29) is 6.54 Å². The molecule has 0 bridgehead atoms. The molecule has 2 aromatic heterocycles. The Morgan fingerprint density at radius 1 is 1.14 bits per heavy atom. The minimum Gasteiger partial charge on any atom is -0.241 e. The van der Waals surface area contributed by atoms with Gasteiger partial charge in [0.1, 0.15) is 0 Å². The molecule has 6 heteroatoms. The summed E-state index contributed by atoms with van der Waals surface area (Å²) in [6.45, 7) is 3.83. The molecule has 0 saturated heterocycles. The van der Waals surface area contributed by atoms with E-state index < -0.39 is 10.0 Å². The van der Waals surface area contributed by atoms with Crippen LogP contribution < -0.4 is 4.72 Å². The van der Waals surface area contributed by atoms with Crippen LogP contribution in [0.4, 0.5) is 0 Å². The summed E-state index contributed by atoms with van der Waals surface area (Å²) in [5.74, 6) is 0. The Kier molecular flexibility index (Phi) is 3.72. The summed E-state index contributed by atoms with van der Waals surface area (Å²) in [4.78, 5) is 0.316. The lowest BCUT2D eigenvalue weighted by Crippen LogP contribution is -2.24. The fourth-order valence-corrected chi connectivity index (χ4v) is 3.65. The topological polar surface area (TPSA) is 63.5 Å². The predicted octanol–water partition coefficient (Wildman–Crippen LogP) is 2.43. The Morgan fingerprint density at radius 2 is 1.95 bits per heavy atom. The third kappa shape index (κ3) is 2.88. The highest BCUT2D eigenvalue weighted by atomic mass is 32.2. The molecule has 0 amide bonds. The average Bonchev–Trinajstić information content (AvgIpc) is 2.90. The number of nitrogens with one attached hydrogen (secondary N) is 1. The summed E-state index contributed by atoms with van der Waals surface area (Å²) in [5.41, 5.74) is 3.26. The van der Waals surface area contributed by atoms with Crippen molar-refractivity contribution in [3.63, 3.8) is 0 Å². The predicted molar refractivity (Wildman–Crippen MR) is 85.1 cm³/mol. The molecule has 2 heterocycles. The van der Waals surface area contributed by atoms with Crippen LogP contribution in [0.3, 0.4) is 0 Å². The molecule has 3 aromatic rings. The number of aryl methyl sites for hydroxylation is 2. The molecule has 22 heavy (non-hydrogen) atoms. The van der Waals surface area contributed by atoms with Crippen molar-refractivity contribution in [2.24, 2.45) is 0 Å². The molecule has 3 rings (SSSR count). The van der Waals surface area contributed by atoms with E-state index in [2.05, 4.69) is 9.82 Å². The van der Waals surface area contributed by atoms with Gasteiger partial charge in [-0.1, -0.05) is 18.2 Å². The number of rotatable bonds is 4. The van der Waals surface area contributed by atoms with Gasteiger partial charge in [-0.25, -0.2) is 17.7 Å². The van der Waals surface area contributed by atoms with Crippen molar-refractivity contribution in [2.75, 3.05) is 0 Å². The molecular formula is C16H17N3O2S. The SMILES string of the molecule is Cc1ccc(C)c(S(=O)(=O)NCc2cc3ccccn3n2)c1. The lowest BCUT2D eigenvalue weighted by atomic mass is 10.2. The number of pyridine rings is 1. The second-order valence-electron chi connectivity index (χ2n) is 5.30. The van der Waals surface area contributed by atoms with Crippen LogP contribution in [-0.4, -0.2) is 18.0 Å². The van der Waals surface area contributed by atoms with Gasteiger partial charge in [-0.15, -0.1) is 0 Å². The standard InChI is InChI=1S/C16H17N3O2S/c1-12-6-7-13(2)16(9-12)22(20,21)17-11-14-10-15-5-3-4-8-19(15)18-14/h3-10,17H,11H2,1-2H3. The first kappa shape index (κ1) is 14.7. The first-order valence-electron chi connectivity index (χ1n) is 6.96. The van der Waals surface area contributed by atoms with Crippen LogP contribution in [0.1, 0.15) is 16.8 Å².